The molecule has 8 bridgehead atoms. The zero-order valence-corrected chi connectivity index (χ0v) is 29.3. The van der Waals surface area contributed by atoms with Gasteiger partial charge in [-0.1, -0.05) is 51.6 Å². The van der Waals surface area contributed by atoms with Crippen LogP contribution < -0.4 is 57.5 Å². The number of hydrogen-bond acceptors (Lipinski definition) is 5. The number of hydrogen-bond donors (Lipinski definition) is 5. The molecule has 0 amide bonds. The predicted octanol–water partition coefficient (Wildman–Crippen LogP) is -0.188. The molecule has 0 aromatic carbocycles. The van der Waals surface area contributed by atoms with E-state index < -0.39 is 11.9 Å². The second-order valence-corrected chi connectivity index (χ2v) is 12.8. The normalized spacial score (nSPS) is 17.1. The van der Waals surface area contributed by atoms with Crippen molar-refractivity contribution < 1.29 is 36.9 Å². The van der Waals surface area contributed by atoms with E-state index in [0.29, 0.717) is 44.3 Å². The molecule has 46 heavy (non-hydrogen) atoms. The van der Waals surface area contributed by atoms with Crippen molar-refractivity contribution in [2.45, 2.75) is 67.2 Å². The third-order valence-electron chi connectivity index (χ3n) is 8.45. The molecule has 12 heteroatoms. The van der Waals surface area contributed by atoms with Gasteiger partial charge in [0.1, 0.15) is 0 Å². The minimum Gasteiger partial charge on any atom is -0.657 e. The Morgan fingerprint density at radius 1 is 0.674 bits per heavy atom. The SMILES string of the molecule is C/C(S)=c1\c(C)c2[n-]\c1=C/c1[n-]c(c(CCC(=O)O)c1C)/C(N)=c1\[n-]/c(c(C)c1CCC(=O)O)=C\c1[n-]c(/c(=C(\C)S)c1C)=C\2.[Fe+4]. The minimum absolute atomic E-state index is 0. The molecule has 0 unspecified atom stereocenters. The van der Waals surface area contributed by atoms with Crippen LogP contribution in [0.1, 0.15) is 82.8 Å². The Kier molecular flexibility index (Phi) is 10.4. The molecule has 1 aliphatic rings. The molecular formula is C34H35FeN5O4S2. The number of aliphatic carboxylic acids is 2. The zero-order valence-electron chi connectivity index (χ0n) is 26.4. The first-order chi connectivity index (χ1) is 21.2. The summed E-state index contributed by atoms with van der Waals surface area (Å²) >= 11 is 9.40. The number of carbonyl (C=O) groups is 2. The van der Waals surface area contributed by atoms with Gasteiger partial charge in [-0.25, -0.2) is 0 Å². The van der Waals surface area contributed by atoms with Crippen molar-refractivity contribution in [1.29, 1.82) is 0 Å². The average molecular weight is 698 g/mol. The Morgan fingerprint density at radius 3 is 1.57 bits per heavy atom. The van der Waals surface area contributed by atoms with Crippen molar-refractivity contribution in [2.24, 2.45) is 5.73 Å². The van der Waals surface area contributed by atoms with Gasteiger partial charge < -0.3 is 35.9 Å². The molecule has 0 saturated carbocycles. The van der Waals surface area contributed by atoms with Crippen molar-refractivity contribution in [3.63, 3.8) is 0 Å². The Labute approximate surface area is 287 Å². The van der Waals surface area contributed by atoms with E-state index in [1.807, 2.05) is 59.8 Å². The van der Waals surface area contributed by atoms with Crippen molar-refractivity contribution in [1.82, 2.24) is 19.9 Å². The van der Waals surface area contributed by atoms with Crippen molar-refractivity contribution in [3.8, 4) is 0 Å². The minimum atomic E-state index is -0.939. The summed E-state index contributed by atoms with van der Waals surface area (Å²) in [6.07, 6.45) is 5.91. The first-order valence-electron chi connectivity index (χ1n) is 14.5. The number of thiol groups is 2. The summed E-state index contributed by atoms with van der Waals surface area (Å²) in [5, 5.41) is 23.3. The van der Waals surface area contributed by atoms with E-state index >= 15 is 0 Å². The van der Waals surface area contributed by atoms with E-state index in [-0.39, 0.29) is 48.4 Å². The van der Waals surface area contributed by atoms with Gasteiger partial charge in [-0.3, -0.25) is 9.59 Å². The molecule has 0 fully saturated rings. The van der Waals surface area contributed by atoms with Gasteiger partial charge in [0.2, 0.25) is 0 Å². The first kappa shape index (κ1) is 35.2. The molecule has 0 atom stereocenters. The van der Waals surface area contributed by atoms with Crippen LogP contribution in [0.3, 0.4) is 0 Å². The third-order valence-corrected chi connectivity index (χ3v) is 8.90. The van der Waals surface area contributed by atoms with Crippen LogP contribution in [0.25, 0.3) is 33.7 Å². The fraction of sp³-hybridized carbons (Fsp3) is 0.294. The van der Waals surface area contributed by atoms with Gasteiger partial charge in [0.25, 0.3) is 0 Å². The number of carboxylic acids is 2. The average Bonchev–Trinajstić information content (AvgIpc) is 3.63. The first-order valence-corrected chi connectivity index (χ1v) is 15.4. The molecule has 9 nitrogen and oxygen atoms in total. The van der Waals surface area contributed by atoms with E-state index in [4.69, 9.17) is 50.9 Å². The van der Waals surface area contributed by atoms with E-state index in [0.717, 1.165) is 53.5 Å². The number of fused-ring (bicyclic) bond motifs is 8. The molecule has 0 radical (unpaired) electrons. The van der Waals surface area contributed by atoms with Crippen LogP contribution in [0.15, 0.2) is 0 Å². The van der Waals surface area contributed by atoms with E-state index in [1.165, 1.54) is 0 Å². The molecule has 5 heterocycles. The standard InChI is InChI=1S/C34H35N5O4S2.Fe/c1-14-20(7-9-28(40)41)33-32(35)34-21(8-10-29(42)43)15(2)23(39-34)12-26-31(19(6)45)17(4)25(37-26)13-27-30(18(5)44)16(3)24(36-27)11-22(14)38-33;/h11-13,44-45H,7-10,35H2,1-6H3,(H,40,41)(H,42,43);/q-4;+4/b22-11-,26-12-,27-13-,30-18+,31-19-,33-32+;. The number of nitrogens with two attached hydrogens (primary N) is 1. The molecule has 5 rings (SSSR count). The molecular weight excluding hydrogens is 662 g/mol. The van der Waals surface area contributed by atoms with Gasteiger partial charge in [-0.2, -0.15) is 0 Å². The van der Waals surface area contributed by atoms with Crippen molar-refractivity contribution >= 4 is 70.9 Å². The van der Waals surface area contributed by atoms with Crippen molar-refractivity contribution in [2.75, 3.05) is 0 Å². The second-order valence-electron chi connectivity index (χ2n) is 11.5. The maximum atomic E-state index is 11.6. The van der Waals surface area contributed by atoms with Crippen LogP contribution in [0.2, 0.25) is 0 Å². The molecule has 0 saturated heterocycles. The summed E-state index contributed by atoms with van der Waals surface area (Å²) in [4.78, 5) is 44.7. The van der Waals surface area contributed by atoms with Crippen LogP contribution in [0, 0.1) is 27.7 Å². The molecule has 4 aromatic heterocycles. The monoisotopic (exact) mass is 697 g/mol. The van der Waals surface area contributed by atoms with Crippen LogP contribution >= 0.6 is 25.3 Å². The Bertz CT molecular complexity index is 2280. The maximum Gasteiger partial charge on any atom is 4.00 e. The van der Waals surface area contributed by atoms with Gasteiger partial charge >= 0.3 is 29.0 Å². The summed E-state index contributed by atoms with van der Waals surface area (Å²) in [5.41, 5.74) is 14.5. The Morgan fingerprint density at radius 2 is 1.11 bits per heavy atom. The largest absolute Gasteiger partial charge is 4.00 e. The van der Waals surface area contributed by atoms with Gasteiger partial charge in [0.15, 0.2) is 0 Å². The topological polar surface area (TPSA) is 157 Å². The summed E-state index contributed by atoms with van der Waals surface area (Å²) < 4.78 is 0. The summed E-state index contributed by atoms with van der Waals surface area (Å²) in [6, 6.07) is 0. The second kappa shape index (κ2) is 13.6. The van der Waals surface area contributed by atoms with E-state index in [9.17, 15) is 19.8 Å². The molecule has 240 valence electrons. The predicted molar refractivity (Wildman–Crippen MR) is 181 cm³/mol. The third kappa shape index (κ3) is 6.44. The quantitative estimate of drug-likeness (QED) is 0.136. The van der Waals surface area contributed by atoms with Gasteiger partial charge in [-0.05, 0) is 74.6 Å². The van der Waals surface area contributed by atoms with E-state index in [1.54, 1.807) is 0 Å². The number of nitrogens with zero attached hydrogens (tertiary/aromatic N) is 4. The summed E-state index contributed by atoms with van der Waals surface area (Å²) in [6.45, 7) is 11.6. The molecule has 0 aliphatic carbocycles. The number of aromatic nitrogens is 4. The van der Waals surface area contributed by atoms with Crippen molar-refractivity contribution in [3.05, 3.63) is 88.0 Å². The fourth-order valence-electron chi connectivity index (χ4n) is 6.09. The molecule has 0 spiro atoms. The van der Waals surface area contributed by atoms with Gasteiger partial charge in [0, 0.05) is 18.5 Å². The summed E-state index contributed by atoms with van der Waals surface area (Å²) in [5.74, 6) is -1.88. The van der Waals surface area contributed by atoms with E-state index in [2.05, 4.69) is 0 Å². The van der Waals surface area contributed by atoms with Gasteiger partial charge in [-0.15, -0.1) is 69.4 Å². The zero-order chi connectivity index (χ0) is 32.9. The number of carboxylic acid groups (broad SMARTS) is 2. The van der Waals surface area contributed by atoms with Crippen LogP contribution in [-0.4, -0.2) is 22.2 Å². The van der Waals surface area contributed by atoms with Crippen LogP contribution in [0.4, 0.5) is 0 Å². The molecule has 4 N–H and O–H groups in total. The van der Waals surface area contributed by atoms with Gasteiger partial charge in [0.05, 0.1) is 0 Å². The van der Waals surface area contributed by atoms with Crippen LogP contribution in [0.5, 0.6) is 0 Å². The summed E-state index contributed by atoms with van der Waals surface area (Å²) in [7, 11) is 0. The molecule has 1 aliphatic heterocycles. The smallest absolute Gasteiger partial charge is 0.657 e. The van der Waals surface area contributed by atoms with Crippen LogP contribution in [-0.2, 0) is 39.5 Å². The maximum absolute atomic E-state index is 11.6. The fourth-order valence-corrected chi connectivity index (χ4v) is 6.66. The Hall–Kier alpha value is -3.70. The molecule has 4 aromatic rings. The number of rotatable bonds is 6. The Balaban J connectivity index is 0.00000480.